The maximum absolute atomic E-state index is 12.0. The minimum atomic E-state index is -1.15. The summed E-state index contributed by atoms with van der Waals surface area (Å²) in [5.74, 6) is -0.730. The van der Waals surface area contributed by atoms with Gasteiger partial charge in [0.1, 0.15) is 11.7 Å². The first kappa shape index (κ1) is 14.1. The Balaban J connectivity index is 2.11. The molecule has 3 unspecified atom stereocenters. The van der Waals surface area contributed by atoms with Crippen LogP contribution in [-0.2, 0) is 15.1 Å². The van der Waals surface area contributed by atoms with Crippen LogP contribution in [0.15, 0.2) is 30.3 Å². The molecule has 0 spiro atoms. The molecule has 1 aliphatic heterocycles. The molecule has 1 aliphatic rings. The van der Waals surface area contributed by atoms with Gasteiger partial charge in [0.15, 0.2) is 0 Å². The van der Waals surface area contributed by atoms with E-state index in [0.717, 1.165) is 24.8 Å². The van der Waals surface area contributed by atoms with Gasteiger partial charge in [0.25, 0.3) is 0 Å². The van der Waals surface area contributed by atoms with Crippen LogP contribution in [-0.4, -0.2) is 17.2 Å². The van der Waals surface area contributed by atoms with Gasteiger partial charge in [-0.05, 0) is 18.9 Å². The summed E-state index contributed by atoms with van der Waals surface area (Å²) >= 11 is 0. The standard InChI is InChI=1S/C16H22O3/c1-3-4-10-13-11-14(15(17)19-13)16(2,18)12-8-6-5-7-9-12/h5-9,13-14,18H,3-4,10-11H2,1-2H3. The van der Waals surface area contributed by atoms with Crippen molar-refractivity contribution >= 4 is 5.97 Å². The monoisotopic (exact) mass is 262 g/mol. The molecule has 2 rings (SSSR count). The molecule has 1 saturated heterocycles. The average molecular weight is 262 g/mol. The zero-order chi connectivity index (χ0) is 13.9. The Kier molecular flexibility index (Phi) is 4.25. The van der Waals surface area contributed by atoms with Crippen LogP contribution in [0, 0.1) is 5.92 Å². The number of benzene rings is 1. The Labute approximate surface area is 114 Å². The zero-order valence-corrected chi connectivity index (χ0v) is 11.6. The van der Waals surface area contributed by atoms with E-state index in [1.54, 1.807) is 6.92 Å². The fourth-order valence-electron chi connectivity index (χ4n) is 2.70. The maximum atomic E-state index is 12.0. The van der Waals surface area contributed by atoms with Gasteiger partial charge < -0.3 is 9.84 Å². The van der Waals surface area contributed by atoms with E-state index in [4.69, 9.17) is 4.74 Å². The molecule has 1 N–H and O–H groups in total. The summed E-state index contributed by atoms with van der Waals surface area (Å²) in [6.07, 6.45) is 3.61. The quantitative estimate of drug-likeness (QED) is 0.830. The van der Waals surface area contributed by atoms with Crippen LogP contribution in [0.4, 0.5) is 0 Å². The van der Waals surface area contributed by atoms with Gasteiger partial charge in [-0.3, -0.25) is 4.79 Å². The van der Waals surface area contributed by atoms with E-state index in [1.807, 2.05) is 30.3 Å². The van der Waals surface area contributed by atoms with Gasteiger partial charge in [-0.15, -0.1) is 0 Å². The third kappa shape index (κ3) is 2.98. The predicted octanol–water partition coefficient (Wildman–Crippen LogP) is 3.02. The van der Waals surface area contributed by atoms with Gasteiger partial charge in [-0.1, -0.05) is 50.1 Å². The largest absolute Gasteiger partial charge is 0.462 e. The van der Waals surface area contributed by atoms with Crippen LogP contribution in [0.2, 0.25) is 0 Å². The number of hydrogen-bond acceptors (Lipinski definition) is 3. The molecule has 1 aromatic rings. The molecule has 3 atom stereocenters. The lowest BCUT2D eigenvalue weighted by atomic mass is 9.81. The minimum absolute atomic E-state index is 0.0346. The SMILES string of the molecule is CCCCC1CC(C(C)(O)c2ccccc2)C(=O)O1. The van der Waals surface area contributed by atoms with Gasteiger partial charge in [0, 0.05) is 6.42 Å². The highest BCUT2D eigenvalue weighted by Crippen LogP contribution is 2.38. The number of carbonyl (C=O) groups is 1. The Morgan fingerprint density at radius 1 is 1.37 bits per heavy atom. The summed E-state index contributed by atoms with van der Waals surface area (Å²) in [5, 5.41) is 10.7. The van der Waals surface area contributed by atoms with Crippen LogP contribution in [0.5, 0.6) is 0 Å². The van der Waals surface area contributed by atoms with Crippen LogP contribution >= 0.6 is 0 Å². The number of hydrogen-bond donors (Lipinski definition) is 1. The first-order valence-electron chi connectivity index (χ1n) is 7.04. The molecular formula is C16H22O3. The molecule has 1 heterocycles. The van der Waals surface area contributed by atoms with Crippen molar-refractivity contribution in [2.75, 3.05) is 0 Å². The predicted molar refractivity (Wildman–Crippen MR) is 73.5 cm³/mol. The Hall–Kier alpha value is -1.35. The molecule has 1 aromatic carbocycles. The molecule has 0 saturated carbocycles. The number of rotatable bonds is 5. The molecular weight excluding hydrogens is 240 g/mol. The van der Waals surface area contributed by atoms with Crippen molar-refractivity contribution < 1.29 is 14.6 Å². The molecule has 0 aromatic heterocycles. The van der Waals surface area contributed by atoms with Crippen molar-refractivity contribution in [3.63, 3.8) is 0 Å². The summed E-state index contributed by atoms with van der Waals surface area (Å²) in [5.41, 5.74) is -0.382. The summed E-state index contributed by atoms with van der Waals surface area (Å²) in [6.45, 7) is 3.82. The fourth-order valence-corrected chi connectivity index (χ4v) is 2.70. The Bertz CT molecular complexity index is 425. The minimum Gasteiger partial charge on any atom is -0.462 e. The lowest BCUT2D eigenvalue weighted by Gasteiger charge is -2.27. The van der Waals surface area contributed by atoms with Crippen molar-refractivity contribution in [1.82, 2.24) is 0 Å². The summed E-state index contributed by atoms with van der Waals surface area (Å²) < 4.78 is 5.38. The summed E-state index contributed by atoms with van der Waals surface area (Å²) in [7, 11) is 0. The van der Waals surface area contributed by atoms with Gasteiger partial charge in [-0.2, -0.15) is 0 Å². The lowest BCUT2D eigenvalue weighted by Crippen LogP contribution is -2.34. The fraction of sp³-hybridized carbons (Fsp3) is 0.562. The molecule has 0 radical (unpaired) electrons. The van der Waals surface area contributed by atoms with Crippen molar-refractivity contribution in [2.45, 2.75) is 51.2 Å². The van der Waals surface area contributed by atoms with Crippen molar-refractivity contribution in [1.29, 1.82) is 0 Å². The number of unbranched alkanes of at least 4 members (excludes halogenated alkanes) is 1. The third-order valence-electron chi connectivity index (χ3n) is 3.98. The molecule has 0 bridgehead atoms. The molecule has 19 heavy (non-hydrogen) atoms. The summed E-state index contributed by atoms with van der Waals surface area (Å²) in [4.78, 5) is 12.0. The topological polar surface area (TPSA) is 46.5 Å². The second-order valence-electron chi connectivity index (χ2n) is 5.50. The smallest absolute Gasteiger partial charge is 0.312 e. The number of carbonyl (C=O) groups excluding carboxylic acids is 1. The van der Waals surface area contributed by atoms with Crippen molar-refractivity contribution in [3.8, 4) is 0 Å². The third-order valence-corrected chi connectivity index (χ3v) is 3.98. The maximum Gasteiger partial charge on any atom is 0.312 e. The molecule has 104 valence electrons. The van der Waals surface area contributed by atoms with Gasteiger partial charge >= 0.3 is 5.97 Å². The second kappa shape index (κ2) is 5.74. The lowest BCUT2D eigenvalue weighted by molar-refractivity contribution is -0.150. The number of esters is 1. The van der Waals surface area contributed by atoms with Crippen LogP contribution < -0.4 is 0 Å². The first-order valence-corrected chi connectivity index (χ1v) is 7.04. The number of aliphatic hydroxyl groups is 1. The zero-order valence-electron chi connectivity index (χ0n) is 11.6. The molecule has 0 amide bonds. The highest BCUT2D eigenvalue weighted by Gasteiger charge is 2.46. The van der Waals surface area contributed by atoms with E-state index < -0.39 is 11.5 Å². The van der Waals surface area contributed by atoms with Crippen molar-refractivity contribution in [3.05, 3.63) is 35.9 Å². The molecule has 3 heteroatoms. The molecule has 0 aliphatic carbocycles. The molecule has 3 nitrogen and oxygen atoms in total. The van der Waals surface area contributed by atoms with E-state index in [0.29, 0.717) is 6.42 Å². The van der Waals surface area contributed by atoms with E-state index in [2.05, 4.69) is 6.92 Å². The normalized spacial score (nSPS) is 25.9. The second-order valence-corrected chi connectivity index (χ2v) is 5.50. The van der Waals surface area contributed by atoms with E-state index in [-0.39, 0.29) is 12.1 Å². The van der Waals surface area contributed by atoms with Gasteiger partial charge in [0.2, 0.25) is 0 Å². The van der Waals surface area contributed by atoms with E-state index in [1.165, 1.54) is 0 Å². The van der Waals surface area contributed by atoms with Crippen molar-refractivity contribution in [2.24, 2.45) is 5.92 Å². The first-order chi connectivity index (χ1) is 9.05. The van der Waals surface area contributed by atoms with E-state index in [9.17, 15) is 9.90 Å². The number of ether oxygens (including phenoxy) is 1. The Morgan fingerprint density at radius 3 is 2.68 bits per heavy atom. The number of cyclic esters (lactones) is 1. The van der Waals surface area contributed by atoms with Crippen LogP contribution in [0.3, 0.4) is 0 Å². The highest BCUT2D eigenvalue weighted by molar-refractivity contribution is 5.76. The van der Waals surface area contributed by atoms with Crippen LogP contribution in [0.1, 0.15) is 45.1 Å². The van der Waals surface area contributed by atoms with E-state index >= 15 is 0 Å². The summed E-state index contributed by atoms with van der Waals surface area (Å²) in [6, 6.07) is 9.35. The average Bonchev–Trinajstić information content (AvgIpc) is 2.79. The Morgan fingerprint density at radius 2 is 2.05 bits per heavy atom. The molecule has 1 fully saturated rings. The highest BCUT2D eigenvalue weighted by atomic mass is 16.6. The van der Waals surface area contributed by atoms with Crippen LogP contribution in [0.25, 0.3) is 0 Å². The van der Waals surface area contributed by atoms with Gasteiger partial charge in [0.05, 0.1) is 5.92 Å². The van der Waals surface area contributed by atoms with Gasteiger partial charge in [-0.25, -0.2) is 0 Å².